The van der Waals surface area contributed by atoms with Crippen LogP contribution in [-0.2, 0) is 9.53 Å². The quantitative estimate of drug-likeness (QED) is 0.739. The van der Waals surface area contributed by atoms with Crippen LogP contribution in [0.25, 0.3) is 0 Å². The van der Waals surface area contributed by atoms with Crippen molar-refractivity contribution in [2.75, 3.05) is 13.1 Å². The Kier molecular flexibility index (Phi) is 3.59. The Bertz CT molecular complexity index is 297. The number of carbonyl (C=O) groups excluding carboxylic acids is 1. The molecule has 0 radical (unpaired) electrons. The molecule has 2 N–H and O–H groups in total. The summed E-state index contributed by atoms with van der Waals surface area (Å²) in [5.41, 5.74) is 4.74. The molecule has 1 aliphatic heterocycles. The highest BCUT2D eigenvalue weighted by Gasteiger charge is 2.39. The molecule has 0 atom stereocenters. The topological polar surface area (TPSA) is 55.6 Å². The second-order valence-electron chi connectivity index (χ2n) is 5.51. The normalized spacial score (nSPS) is 22.9. The lowest BCUT2D eigenvalue weighted by Crippen LogP contribution is -2.58. The number of ether oxygens (including phenoxy) is 1. The maximum atomic E-state index is 11.9. The lowest BCUT2D eigenvalue weighted by atomic mass is 9.98. The summed E-state index contributed by atoms with van der Waals surface area (Å²) in [5, 5.41) is 0. The van der Waals surface area contributed by atoms with Crippen LogP contribution in [0.15, 0.2) is 0 Å². The molecule has 0 unspecified atom stereocenters. The Hall–Kier alpha value is -0.680. The Morgan fingerprint density at radius 1 is 1.31 bits per heavy atom. The third-order valence-corrected chi connectivity index (χ3v) is 2.52. The summed E-state index contributed by atoms with van der Waals surface area (Å²) in [6, 6.07) is 0. The van der Waals surface area contributed by atoms with Crippen molar-refractivity contribution >= 4 is 23.1 Å². The Morgan fingerprint density at radius 2 is 1.75 bits per heavy atom. The molecule has 1 saturated heterocycles. The minimum Gasteiger partial charge on any atom is -0.393 e. The van der Waals surface area contributed by atoms with E-state index in [1.807, 2.05) is 27.7 Å². The third-order valence-electron chi connectivity index (χ3n) is 2.37. The first-order valence-corrected chi connectivity index (χ1v) is 5.78. The summed E-state index contributed by atoms with van der Waals surface area (Å²) >= 11 is 4.75. The molecule has 1 rings (SSSR count). The number of carbonyl (C=O) groups is 1. The summed E-state index contributed by atoms with van der Waals surface area (Å²) in [4.78, 5) is 13.9. The minimum absolute atomic E-state index is 0.0167. The van der Waals surface area contributed by atoms with Crippen LogP contribution in [0.5, 0.6) is 0 Å². The number of amides is 1. The molecule has 0 saturated carbocycles. The van der Waals surface area contributed by atoms with E-state index in [1.165, 1.54) is 0 Å². The van der Waals surface area contributed by atoms with Gasteiger partial charge in [-0.25, -0.2) is 0 Å². The molecule has 1 amide bonds. The van der Waals surface area contributed by atoms with E-state index in [2.05, 4.69) is 0 Å². The van der Waals surface area contributed by atoms with Crippen LogP contribution in [-0.4, -0.2) is 40.1 Å². The van der Waals surface area contributed by atoms with E-state index in [0.717, 1.165) is 0 Å². The molecule has 0 aromatic heterocycles. The first-order valence-electron chi connectivity index (χ1n) is 5.38. The van der Waals surface area contributed by atoms with Gasteiger partial charge in [0.15, 0.2) is 0 Å². The van der Waals surface area contributed by atoms with Gasteiger partial charge in [-0.15, -0.1) is 0 Å². The van der Waals surface area contributed by atoms with Crippen molar-refractivity contribution in [3.05, 3.63) is 0 Å². The Morgan fingerprint density at radius 3 is 2.12 bits per heavy atom. The fraction of sp³-hybridized carbons (Fsp3) is 0.818. The van der Waals surface area contributed by atoms with Crippen LogP contribution in [0.2, 0.25) is 0 Å². The van der Waals surface area contributed by atoms with Crippen molar-refractivity contribution < 1.29 is 9.53 Å². The predicted octanol–water partition coefficient (Wildman–Crippen LogP) is 1.08. The van der Waals surface area contributed by atoms with E-state index in [1.54, 1.807) is 4.90 Å². The van der Waals surface area contributed by atoms with Crippen LogP contribution < -0.4 is 5.73 Å². The van der Waals surface area contributed by atoms with E-state index in [4.69, 9.17) is 22.7 Å². The lowest BCUT2D eigenvalue weighted by Gasteiger charge is -2.47. The first kappa shape index (κ1) is 13.4. The van der Waals surface area contributed by atoms with Crippen molar-refractivity contribution in [3.63, 3.8) is 0 Å². The highest BCUT2D eigenvalue weighted by atomic mass is 32.1. The molecule has 5 heteroatoms. The van der Waals surface area contributed by atoms with Crippen molar-refractivity contribution in [2.45, 2.75) is 45.3 Å². The zero-order chi connectivity index (χ0) is 12.6. The molecule has 0 aliphatic carbocycles. The first-order chi connectivity index (χ1) is 7.11. The van der Waals surface area contributed by atoms with E-state index < -0.39 is 0 Å². The van der Waals surface area contributed by atoms with Gasteiger partial charge in [-0.3, -0.25) is 4.79 Å². The molecule has 16 heavy (non-hydrogen) atoms. The van der Waals surface area contributed by atoms with E-state index in [0.29, 0.717) is 13.1 Å². The third kappa shape index (κ3) is 3.72. The van der Waals surface area contributed by atoms with Gasteiger partial charge in [0, 0.05) is 13.1 Å². The SMILES string of the molecule is CC1(C)CN(C(=O)CC(N)=S)CC(C)(C)O1. The molecule has 0 bridgehead atoms. The maximum Gasteiger partial charge on any atom is 0.229 e. The number of hydrogen-bond acceptors (Lipinski definition) is 3. The second-order valence-corrected chi connectivity index (χ2v) is 6.04. The Balaban J connectivity index is 2.74. The fourth-order valence-corrected chi connectivity index (χ4v) is 2.35. The molecule has 1 heterocycles. The molecular weight excluding hydrogens is 224 g/mol. The van der Waals surface area contributed by atoms with Gasteiger partial charge in [-0.2, -0.15) is 0 Å². The highest BCUT2D eigenvalue weighted by molar-refractivity contribution is 7.80. The van der Waals surface area contributed by atoms with Crippen molar-refractivity contribution in [1.82, 2.24) is 4.90 Å². The van der Waals surface area contributed by atoms with E-state index >= 15 is 0 Å². The molecular formula is C11H20N2O2S. The summed E-state index contributed by atoms with van der Waals surface area (Å²) in [6.45, 7) is 9.09. The molecule has 0 aromatic rings. The predicted molar refractivity (Wildman–Crippen MR) is 67.2 cm³/mol. The smallest absolute Gasteiger partial charge is 0.229 e. The van der Waals surface area contributed by atoms with E-state index in [9.17, 15) is 4.79 Å². The van der Waals surface area contributed by atoms with Gasteiger partial charge in [-0.1, -0.05) is 12.2 Å². The maximum absolute atomic E-state index is 11.9. The molecule has 4 nitrogen and oxygen atoms in total. The van der Waals surface area contributed by atoms with Crippen LogP contribution in [0.4, 0.5) is 0 Å². The number of rotatable bonds is 2. The van der Waals surface area contributed by atoms with Crippen LogP contribution in [0.1, 0.15) is 34.1 Å². The van der Waals surface area contributed by atoms with Crippen molar-refractivity contribution in [2.24, 2.45) is 5.73 Å². The van der Waals surface area contributed by atoms with Crippen LogP contribution >= 0.6 is 12.2 Å². The Labute approximate surface area is 102 Å². The van der Waals surface area contributed by atoms with Gasteiger partial charge in [0.1, 0.15) is 0 Å². The fourth-order valence-electron chi connectivity index (χ4n) is 2.22. The van der Waals surface area contributed by atoms with Crippen molar-refractivity contribution in [3.8, 4) is 0 Å². The number of morpholine rings is 1. The average Bonchev–Trinajstić information content (AvgIpc) is 1.96. The van der Waals surface area contributed by atoms with Crippen molar-refractivity contribution in [1.29, 1.82) is 0 Å². The number of nitrogens with two attached hydrogens (primary N) is 1. The van der Waals surface area contributed by atoms with Gasteiger partial charge < -0.3 is 15.4 Å². The molecule has 92 valence electrons. The summed E-state index contributed by atoms with van der Waals surface area (Å²) in [7, 11) is 0. The molecule has 0 spiro atoms. The van der Waals surface area contributed by atoms with Gasteiger partial charge in [0.05, 0.1) is 22.6 Å². The van der Waals surface area contributed by atoms with Gasteiger partial charge in [0.25, 0.3) is 0 Å². The molecule has 1 fully saturated rings. The molecule has 0 aromatic carbocycles. The van der Waals surface area contributed by atoms with Crippen LogP contribution in [0.3, 0.4) is 0 Å². The zero-order valence-corrected chi connectivity index (χ0v) is 11.2. The number of thiocarbonyl (C=S) groups is 1. The van der Waals surface area contributed by atoms with Crippen LogP contribution in [0, 0.1) is 0 Å². The lowest BCUT2D eigenvalue weighted by molar-refractivity contribution is -0.187. The summed E-state index contributed by atoms with van der Waals surface area (Å²) in [6.07, 6.45) is 0.140. The van der Waals surface area contributed by atoms with E-state index in [-0.39, 0.29) is 28.5 Å². The monoisotopic (exact) mass is 244 g/mol. The number of nitrogens with zero attached hydrogens (tertiary/aromatic N) is 1. The second kappa shape index (κ2) is 4.30. The summed E-state index contributed by atoms with van der Waals surface area (Å²) < 4.78 is 5.89. The summed E-state index contributed by atoms with van der Waals surface area (Å²) in [5.74, 6) is -0.0167. The minimum atomic E-state index is -0.326. The zero-order valence-electron chi connectivity index (χ0n) is 10.4. The average molecular weight is 244 g/mol. The highest BCUT2D eigenvalue weighted by Crippen LogP contribution is 2.28. The van der Waals surface area contributed by atoms with Gasteiger partial charge >= 0.3 is 0 Å². The van der Waals surface area contributed by atoms with Gasteiger partial charge in [-0.05, 0) is 27.7 Å². The largest absolute Gasteiger partial charge is 0.393 e. The standard InChI is InChI=1S/C11H20N2O2S/c1-10(2)6-13(7-11(3,4)15-10)9(14)5-8(12)16/h5-7H2,1-4H3,(H2,12,16). The molecule has 1 aliphatic rings. The van der Waals surface area contributed by atoms with Gasteiger partial charge in [0.2, 0.25) is 5.91 Å². The number of hydrogen-bond donors (Lipinski definition) is 1.